The molecule has 1 aliphatic rings. The molecule has 1 aromatic heterocycles. The Morgan fingerprint density at radius 2 is 1.95 bits per heavy atom. The largest absolute Gasteiger partial charge is 0.497 e. The third-order valence-electron chi connectivity index (χ3n) is 3.59. The Balaban J connectivity index is 1.81. The molecule has 1 saturated carbocycles. The number of hydrogen-bond acceptors (Lipinski definition) is 3. The highest BCUT2D eigenvalue weighted by Crippen LogP contribution is 2.42. The summed E-state index contributed by atoms with van der Waals surface area (Å²) in [6.45, 7) is 0. The van der Waals surface area contributed by atoms with Gasteiger partial charge < -0.3 is 10.1 Å². The number of aromatic nitrogens is 1. The lowest BCUT2D eigenvalue weighted by atomic mass is 10.0. The molecule has 0 saturated heterocycles. The van der Waals surface area contributed by atoms with Crippen molar-refractivity contribution in [1.82, 2.24) is 4.98 Å². The molecule has 1 fully saturated rings. The van der Waals surface area contributed by atoms with Crippen LogP contribution in [-0.4, -0.2) is 12.1 Å². The Hall–Kier alpha value is -2.10. The third kappa shape index (κ3) is 2.90. The van der Waals surface area contributed by atoms with Gasteiger partial charge in [-0.15, -0.1) is 0 Å². The Morgan fingerprint density at radius 1 is 1.20 bits per heavy atom. The van der Waals surface area contributed by atoms with E-state index in [1.807, 2.05) is 24.3 Å². The fourth-order valence-corrected chi connectivity index (χ4v) is 2.36. The first-order valence-corrected chi connectivity index (χ1v) is 6.79. The molecule has 0 bridgehead atoms. The van der Waals surface area contributed by atoms with E-state index in [2.05, 4.69) is 10.3 Å². The predicted octanol–water partition coefficient (Wildman–Crippen LogP) is 3.79. The molecule has 1 heterocycles. The molecule has 1 atom stereocenters. The van der Waals surface area contributed by atoms with Crippen LogP contribution >= 0.6 is 0 Å². The summed E-state index contributed by atoms with van der Waals surface area (Å²) in [6.07, 6.45) is 2.39. The summed E-state index contributed by atoms with van der Waals surface area (Å²) in [5.41, 5.74) is 1.18. The lowest BCUT2D eigenvalue weighted by Crippen LogP contribution is -2.14. The highest BCUT2D eigenvalue weighted by molar-refractivity contribution is 5.40. The molecule has 4 heteroatoms. The first kappa shape index (κ1) is 12.9. The molecule has 0 radical (unpaired) electrons. The Kier molecular flexibility index (Phi) is 3.54. The first-order valence-electron chi connectivity index (χ1n) is 6.79. The number of halogens is 1. The van der Waals surface area contributed by atoms with Crippen molar-refractivity contribution in [3.8, 4) is 5.75 Å². The second kappa shape index (κ2) is 5.49. The number of hydrogen-bond donors (Lipinski definition) is 1. The van der Waals surface area contributed by atoms with Crippen molar-refractivity contribution in [2.45, 2.75) is 18.9 Å². The maximum Gasteiger partial charge on any atom is 0.214 e. The van der Waals surface area contributed by atoms with Gasteiger partial charge in [-0.05, 0) is 48.6 Å². The van der Waals surface area contributed by atoms with E-state index >= 15 is 0 Å². The zero-order valence-corrected chi connectivity index (χ0v) is 11.3. The van der Waals surface area contributed by atoms with Crippen LogP contribution in [0.5, 0.6) is 5.75 Å². The molecular weight excluding hydrogens is 255 g/mol. The van der Waals surface area contributed by atoms with E-state index in [1.165, 1.54) is 24.5 Å². The highest BCUT2D eigenvalue weighted by atomic mass is 19.1. The molecule has 1 N–H and O–H groups in total. The summed E-state index contributed by atoms with van der Waals surface area (Å²) in [6, 6.07) is 13.0. The van der Waals surface area contributed by atoms with Crippen molar-refractivity contribution in [3.05, 3.63) is 54.0 Å². The van der Waals surface area contributed by atoms with Crippen molar-refractivity contribution in [2.75, 3.05) is 12.4 Å². The highest BCUT2D eigenvalue weighted by Gasteiger charge is 2.32. The van der Waals surface area contributed by atoms with Crippen LogP contribution in [0.4, 0.5) is 10.2 Å². The predicted molar refractivity (Wildman–Crippen MR) is 76.3 cm³/mol. The summed E-state index contributed by atoms with van der Waals surface area (Å²) < 4.78 is 18.3. The first-order chi connectivity index (χ1) is 9.76. The van der Waals surface area contributed by atoms with Gasteiger partial charge in [-0.25, -0.2) is 4.98 Å². The van der Waals surface area contributed by atoms with Crippen LogP contribution in [0.1, 0.15) is 24.4 Å². The minimum atomic E-state index is -0.459. The van der Waals surface area contributed by atoms with Crippen LogP contribution in [0.15, 0.2) is 42.5 Å². The zero-order valence-electron chi connectivity index (χ0n) is 11.3. The van der Waals surface area contributed by atoms with Crippen LogP contribution < -0.4 is 10.1 Å². The number of ether oxygens (including phenoxy) is 1. The quantitative estimate of drug-likeness (QED) is 0.841. The van der Waals surface area contributed by atoms with Gasteiger partial charge in [0, 0.05) is 0 Å². The van der Waals surface area contributed by atoms with Crippen molar-refractivity contribution >= 4 is 5.82 Å². The number of anilines is 1. The summed E-state index contributed by atoms with van der Waals surface area (Å²) in [5, 5.41) is 3.34. The number of nitrogens with zero attached hydrogens (tertiary/aromatic N) is 1. The Morgan fingerprint density at radius 3 is 2.55 bits per heavy atom. The lowest BCUT2D eigenvalue weighted by molar-refractivity contribution is 0.414. The Bertz CT molecular complexity index is 581. The van der Waals surface area contributed by atoms with Gasteiger partial charge in [-0.2, -0.15) is 4.39 Å². The number of rotatable bonds is 5. The van der Waals surface area contributed by atoms with Crippen LogP contribution in [0, 0.1) is 11.9 Å². The van der Waals surface area contributed by atoms with Crippen molar-refractivity contribution in [3.63, 3.8) is 0 Å². The number of pyridine rings is 1. The molecular formula is C16H17FN2O. The average molecular weight is 272 g/mol. The van der Waals surface area contributed by atoms with E-state index in [4.69, 9.17) is 4.74 Å². The average Bonchev–Trinajstić information content (AvgIpc) is 3.30. The monoisotopic (exact) mass is 272 g/mol. The normalized spacial score (nSPS) is 15.7. The van der Waals surface area contributed by atoms with Crippen molar-refractivity contribution in [1.29, 1.82) is 0 Å². The molecule has 3 rings (SSSR count). The minimum absolute atomic E-state index is 0.176. The van der Waals surface area contributed by atoms with Gasteiger partial charge in [0.05, 0.1) is 13.2 Å². The van der Waals surface area contributed by atoms with Crippen LogP contribution in [-0.2, 0) is 0 Å². The molecule has 3 nitrogen and oxygen atoms in total. The smallest absolute Gasteiger partial charge is 0.214 e. The summed E-state index contributed by atoms with van der Waals surface area (Å²) >= 11 is 0. The maximum absolute atomic E-state index is 13.2. The van der Waals surface area contributed by atoms with Gasteiger partial charge in [0.1, 0.15) is 11.6 Å². The van der Waals surface area contributed by atoms with Crippen molar-refractivity contribution in [2.24, 2.45) is 5.92 Å². The zero-order chi connectivity index (χ0) is 13.9. The van der Waals surface area contributed by atoms with Crippen LogP contribution in [0.25, 0.3) is 0 Å². The molecule has 0 spiro atoms. The number of benzene rings is 1. The van der Waals surface area contributed by atoms with Gasteiger partial charge in [0.15, 0.2) is 0 Å². The van der Waals surface area contributed by atoms with Gasteiger partial charge in [-0.1, -0.05) is 18.2 Å². The van der Waals surface area contributed by atoms with Gasteiger partial charge >= 0.3 is 0 Å². The Labute approximate surface area is 117 Å². The van der Waals surface area contributed by atoms with E-state index in [0.29, 0.717) is 11.7 Å². The van der Waals surface area contributed by atoms with E-state index in [0.717, 1.165) is 5.75 Å². The fraction of sp³-hybridized carbons (Fsp3) is 0.312. The fourth-order valence-electron chi connectivity index (χ4n) is 2.36. The molecule has 2 aromatic rings. The van der Waals surface area contributed by atoms with Crippen molar-refractivity contribution < 1.29 is 9.13 Å². The van der Waals surface area contributed by atoms with Crippen LogP contribution in [0.3, 0.4) is 0 Å². The molecule has 0 amide bonds. The van der Waals surface area contributed by atoms with Crippen LogP contribution in [0.2, 0.25) is 0 Å². The number of methoxy groups -OCH3 is 1. The standard InChI is InChI=1S/C16H17FN2O/c1-20-13-9-7-12(8-10-13)16(11-5-6-11)19-15-4-2-3-14(17)18-15/h2-4,7-11,16H,5-6H2,1H3,(H,18,19). The molecule has 104 valence electrons. The molecule has 1 unspecified atom stereocenters. The second-order valence-electron chi connectivity index (χ2n) is 5.08. The van der Waals surface area contributed by atoms with E-state index in [9.17, 15) is 4.39 Å². The second-order valence-corrected chi connectivity index (χ2v) is 5.08. The van der Waals surface area contributed by atoms with E-state index in [1.54, 1.807) is 19.2 Å². The third-order valence-corrected chi connectivity index (χ3v) is 3.59. The SMILES string of the molecule is COc1ccc(C(Nc2cccc(F)n2)C2CC2)cc1. The maximum atomic E-state index is 13.2. The van der Waals surface area contributed by atoms with Gasteiger partial charge in [0.25, 0.3) is 0 Å². The van der Waals surface area contributed by atoms with E-state index < -0.39 is 5.95 Å². The van der Waals surface area contributed by atoms with Gasteiger partial charge in [-0.3, -0.25) is 0 Å². The molecule has 1 aromatic carbocycles. The summed E-state index contributed by atoms with van der Waals surface area (Å²) in [5.74, 6) is 1.55. The number of nitrogens with one attached hydrogen (secondary N) is 1. The summed E-state index contributed by atoms with van der Waals surface area (Å²) in [7, 11) is 1.66. The molecule has 1 aliphatic carbocycles. The summed E-state index contributed by atoms with van der Waals surface area (Å²) in [4.78, 5) is 3.88. The molecule has 20 heavy (non-hydrogen) atoms. The minimum Gasteiger partial charge on any atom is -0.497 e. The lowest BCUT2D eigenvalue weighted by Gasteiger charge is -2.19. The van der Waals surface area contributed by atoms with E-state index in [-0.39, 0.29) is 6.04 Å². The topological polar surface area (TPSA) is 34.1 Å². The molecule has 0 aliphatic heterocycles. The van der Waals surface area contributed by atoms with Gasteiger partial charge in [0.2, 0.25) is 5.95 Å².